The number of hydrogen-bond donors (Lipinski definition) is 1. The lowest BCUT2D eigenvalue weighted by Crippen LogP contribution is -2.09. The molecule has 0 saturated carbocycles. The summed E-state index contributed by atoms with van der Waals surface area (Å²) in [7, 11) is 0. The first kappa shape index (κ1) is 13.9. The van der Waals surface area contributed by atoms with Crippen LogP contribution in [0.1, 0.15) is 5.56 Å². The van der Waals surface area contributed by atoms with E-state index in [4.69, 9.17) is 5.21 Å². The Hall–Kier alpha value is -3.07. The highest BCUT2D eigenvalue weighted by atomic mass is 16.4. The van der Waals surface area contributed by atoms with Crippen LogP contribution in [0.15, 0.2) is 90.1 Å². The lowest BCUT2D eigenvalue weighted by molar-refractivity contribution is 0.322. The van der Waals surface area contributed by atoms with Crippen LogP contribution in [0.25, 0.3) is 0 Å². The summed E-state index contributed by atoms with van der Waals surface area (Å²) in [5.41, 5.74) is 4.09. The van der Waals surface area contributed by atoms with E-state index in [1.807, 2.05) is 60.7 Å². The van der Waals surface area contributed by atoms with E-state index in [2.05, 4.69) is 34.3 Å². The van der Waals surface area contributed by atoms with Gasteiger partial charge < -0.3 is 10.1 Å². The summed E-state index contributed by atoms with van der Waals surface area (Å²) in [6.45, 7) is 0. The number of rotatable bonds is 4. The van der Waals surface area contributed by atoms with Crippen molar-refractivity contribution in [2.45, 2.75) is 0 Å². The van der Waals surface area contributed by atoms with Crippen LogP contribution in [0.3, 0.4) is 0 Å². The van der Waals surface area contributed by atoms with Crippen molar-refractivity contribution in [2.24, 2.45) is 5.16 Å². The number of nitrogens with zero attached hydrogens (tertiary/aromatic N) is 2. The summed E-state index contributed by atoms with van der Waals surface area (Å²) >= 11 is 0. The highest BCUT2D eigenvalue weighted by molar-refractivity contribution is 5.82. The molecule has 0 aliphatic carbocycles. The van der Waals surface area contributed by atoms with Crippen LogP contribution in [0.4, 0.5) is 17.1 Å². The van der Waals surface area contributed by atoms with Crippen LogP contribution in [0, 0.1) is 0 Å². The molecule has 0 spiro atoms. The first-order chi connectivity index (χ1) is 10.9. The van der Waals surface area contributed by atoms with Crippen LogP contribution in [-0.4, -0.2) is 11.4 Å². The second-order valence-electron chi connectivity index (χ2n) is 4.84. The molecule has 3 rings (SSSR count). The van der Waals surface area contributed by atoms with Crippen molar-refractivity contribution in [3.8, 4) is 0 Å². The highest BCUT2D eigenvalue weighted by Gasteiger charge is 2.11. The van der Waals surface area contributed by atoms with E-state index < -0.39 is 0 Å². The Morgan fingerprint density at radius 3 is 1.55 bits per heavy atom. The van der Waals surface area contributed by atoms with Gasteiger partial charge in [-0.05, 0) is 42.0 Å². The van der Waals surface area contributed by atoms with Crippen molar-refractivity contribution in [1.82, 2.24) is 0 Å². The minimum Gasteiger partial charge on any atom is -0.411 e. The van der Waals surface area contributed by atoms with Gasteiger partial charge in [0.15, 0.2) is 0 Å². The maximum atomic E-state index is 8.61. The van der Waals surface area contributed by atoms with Gasteiger partial charge in [-0.2, -0.15) is 0 Å². The van der Waals surface area contributed by atoms with Crippen LogP contribution in [-0.2, 0) is 0 Å². The quantitative estimate of drug-likeness (QED) is 0.418. The Balaban J connectivity index is 2.06. The molecular weight excluding hydrogens is 272 g/mol. The topological polar surface area (TPSA) is 35.8 Å². The molecule has 3 heteroatoms. The van der Waals surface area contributed by atoms with E-state index in [-0.39, 0.29) is 0 Å². The number of oxime groups is 1. The highest BCUT2D eigenvalue weighted by Crippen LogP contribution is 2.33. The van der Waals surface area contributed by atoms with Crippen molar-refractivity contribution in [2.75, 3.05) is 4.90 Å². The monoisotopic (exact) mass is 288 g/mol. The van der Waals surface area contributed by atoms with E-state index in [0.29, 0.717) is 0 Å². The lowest BCUT2D eigenvalue weighted by Gasteiger charge is -2.25. The Morgan fingerprint density at radius 2 is 1.09 bits per heavy atom. The first-order valence-corrected chi connectivity index (χ1v) is 7.06. The summed E-state index contributed by atoms with van der Waals surface area (Å²) < 4.78 is 0. The number of benzene rings is 3. The standard InChI is InChI=1S/C19H16N2O/c22-20-15-16-11-13-19(14-12-16)21(17-7-3-1-4-8-17)18-9-5-2-6-10-18/h1-15,22H/b20-15-. The zero-order valence-electron chi connectivity index (χ0n) is 12.0. The van der Waals surface area contributed by atoms with Crippen LogP contribution < -0.4 is 4.90 Å². The summed E-state index contributed by atoms with van der Waals surface area (Å²) in [6, 6.07) is 28.3. The minimum atomic E-state index is 0.854. The molecule has 0 bridgehead atoms. The molecule has 0 fully saturated rings. The van der Waals surface area contributed by atoms with E-state index in [0.717, 1.165) is 22.6 Å². The van der Waals surface area contributed by atoms with Crippen LogP contribution >= 0.6 is 0 Å². The van der Waals surface area contributed by atoms with Gasteiger partial charge in [0, 0.05) is 17.1 Å². The summed E-state index contributed by atoms with van der Waals surface area (Å²) in [5, 5.41) is 11.7. The van der Waals surface area contributed by atoms with Gasteiger partial charge in [-0.15, -0.1) is 0 Å². The molecule has 0 heterocycles. The summed E-state index contributed by atoms with van der Waals surface area (Å²) in [6.07, 6.45) is 1.42. The molecule has 0 aliphatic heterocycles. The Kier molecular flexibility index (Phi) is 4.16. The second-order valence-corrected chi connectivity index (χ2v) is 4.84. The maximum Gasteiger partial charge on any atom is 0.0733 e. The largest absolute Gasteiger partial charge is 0.411 e. The van der Waals surface area contributed by atoms with Gasteiger partial charge in [0.1, 0.15) is 0 Å². The lowest BCUT2D eigenvalue weighted by atomic mass is 10.1. The predicted octanol–water partition coefficient (Wildman–Crippen LogP) is 4.96. The molecule has 0 radical (unpaired) electrons. The van der Waals surface area contributed by atoms with Gasteiger partial charge in [-0.1, -0.05) is 53.7 Å². The number of hydrogen-bond acceptors (Lipinski definition) is 3. The van der Waals surface area contributed by atoms with Crippen molar-refractivity contribution < 1.29 is 5.21 Å². The summed E-state index contributed by atoms with van der Waals surface area (Å²) in [5.74, 6) is 0. The van der Waals surface area contributed by atoms with E-state index in [9.17, 15) is 0 Å². The molecule has 22 heavy (non-hydrogen) atoms. The normalized spacial score (nSPS) is 10.7. The van der Waals surface area contributed by atoms with Gasteiger partial charge in [-0.25, -0.2) is 0 Å². The molecule has 0 atom stereocenters. The zero-order valence-corrected chi connectivity index (χ0v) is 12.0. The first-order valence-electron chi connectivity index (χ1n) is 7.06. The third-order valence-electron chi connectivity index (χ3n) is 3.39. The minimum absolute atomic E-state index is 0.854. The fourth-order valence-electron chi connectivity index (χ4n) is 2.38. The van der Waals surface area contributed by atoms with Gasteiger partial charge >= 0.3 is 0 Å². The third kappa shape index (κ3) is 2.99. The Bertz CT molecular complexity index is 698. The van der Waals surface area contributed by atoms with Gasteiger partial charge in [0.25, 0.3) is 0 Å². The average molecular weight is 288 g/mol. The van der Waals surface area contributed by atoms with E-state index in [1.165, 1.54) is 6.21 Å². The van der Waals surface area contributed by atoms with Crippen molar-refractivity contribution >= 4 is 23.3 Å². The molecule has 0 amide bonds. The Morgan fingerprint density at radius 1 is 0.636 bits per heavy atom. The smallest absolute Gasteiger partial charge is 0.0733 e. The molecular formula is C19H16N2O. The van der Waals surface area contributed by atoms with Crippen molar-refractivity contribution in [3.05, 3.63) is 90.5 Å². The molecule has 3 nitrogen and oxygen atoms in total. The van der Waals surface area contributed by atoms with Gasteiger partial charge in [-0.3, -0.25) is 0 Å². The van der Waals surface area contributed by atoms with E-state index in [1.54, 1.807) is 0 Å². The molecule has 0 saturated heterocycles. The van der Waals surface area contributed by atoms with Gasteiger partial charge in [0.05, 0.1) is 6.21 Å². The second kappa shape index (κ2) is 6.59. The third-order valence-corrected chi connectivity index (χ3v) is 3.39. The zero-order chi connectivity index (χ0) is 15.2. The van der Waals surface area contributed by atoms with Crippen molar-refractivity contribution in [3.63, 3.8) is 0 Å². The fraction of sp³-hybridized carbons (Fsp3) is 0. The summed E-state index contributed by atoms with van der Waals surface area (Å²) in [4.78, 5) is 2.18. The SMILES string of the molecule is O/N=C\c1ccc(N(c2ccccc2)c2ccccc2)cc1. The fourth-order valence-corrected chi connectivity index (χ4v) is 2.38. The Labute approximate surface area is 129 Å². The number of para-hydroxylation sites is 2. The molecule has 3 aromatic rings. The number of anilines is 3. The predicted molar refractivity (Wildman–Crippen MR) is 90.5 cm³/mol. The van der Waals surface area contributed by atoms with E-state index >= 15 is 0 Å². The van der Waals surface area contributed by atoms with Gasteiger partial charge in [0.2, 0.25) is 0 Å². The van der Waals surface area contributed by atoms with Crippen molar-refractivity contribution in [1.29, 1.82) is 0 Å². The maximum absolute atomic E-state index is 8.61. The molecule has 0 aromatic heterocycles. The average Bonchev–Trinajstić information content (AvgIpc) is 2.59. The molecule has 3 aromatic carbocycles. The molecule has 0 unspecified atom stereocenters. The molecule has 108 valence electrons. The van der Waals surface area contributed by atoms with Crippen LogP contribution in [0.2, 0.25) is 0 Å². The molecule has 1 N–H and O–H groups in total. The molecule has 0 aliphatic rings. The van der Waals surface area contributed by atoms with Crippen LogP contribution in [0.5, 0.6) is 0 Å².